The highest BCUT2D eigenvalue weighted by Gasteiger charge is 2.37. The van der Waals surface area contributed by atoms with Crippen molar-refractivity contribution in [2.24, 2.45) is 5.92 Å². The summed E-state index contributed by atoms with van der Waals surface area (Å²) < 4.78 is 39.2. The summed E-state index contributed by atoms with van der Waals surface area (Å²) in [6.45, 7) is 4.73. The second kappa shape index (κ2) is 10.7. The maximum absolute atomic E-state index is 13.4. The molecule has 1 N–H and O–H groups in total. The molecule has 2 aromatic carbocycles. The number of fused-ring (bicyclic) bond motifs is 1. The zero-order valence-corrected chi connectivity index (χ0v) is 19.7. The van der Waals surface area contributed by atoms with Gasteiger partial charge in [0.1, 0.15) is 11.5 Å². The van der Waals surface area contributed by atoms with Crippen molar-refractivity contribution in [1.82, 2.24) is 5.32 Å². The molecule has 0 unspecified atom stereocenters. The molecule has 2 atom stereocenters. The van der Waals surface area contributed by atoms with Gasteiger partial charge in [-0.15, -0.1) is 0 Å². The van der Waals surface area contributed by atoms with Gasteiger partial charge in [0, 0.05) is 6.54 Å². The molecule has 174 valence electrons. The number of para-hydroxylation sites is 2. The third-order valence-electron chi connectivity index (χ3n) is 5.78. The molecule has 0 saturated heterocycles. The van der Waals surface area contributed by atoms with Gasteiger partial charge in [-0.3, -0.25) is 9.10 Å². The number of hydrogen-bond donors (Lipinski definition) is 1. The molecule has 1 amide bonds. The number of ether oxygens (including phenoxy) is 2. The van der Waals surface area contributed by atoms with Gasteiger partial charge in [-0.1, -0.05) is 45.2 Å². The molecule has 2 aromatic rings. The summed E-state index contributed by atoms with van der Waals surface area (Å²) in [7, 11) is -2.37. The number of sulfonamides is 1. The Morgan fingerprint density at radius 3 is 2.56 bits per heavy atom. The topological polar surface area (TPSA) is 84.9 Å². The largest absolute Gasteiger partial charge is 0.497 e. The molecule has 32 heavy (non-hydrogen) atoms. The number of nitrogens with zero attached hydrogens (tertiary/aromatic N) is 1. The van der Waals surface area contributed by atoms with Crippen molar-refractivity contribution in [1.29, 1.82) is 0 Å². The van der Waals surface area contributed by atoms with E-state index in [1.807, 2.05) is 0 Å². The van der Waals surface area contributed by atoms with Crippen LogP contribution in [0.3, 0.4) is 0 Å². The average molecular weight is 461 g/mol. The number of hydrogen-bond acceptors (Lipinski definition) is 5. The van der Waals surface area contributed by atoms with Crippen LogP contribution in [0.4, 0.5) is 5.69 Å². The van der Waals surface area contributed by atoms with E-state index >= 15 is 0 Å². The van der Waals surface area contributed by atoms with Gasteiger partial charge in [0.25, 0.3) is 15.9 Å². The fourth-order valence-electron chi connectivity index (χ4n) is 3.74. The van der Waals surface area contributed by atoms with E-state index in [1.54, 1.807) is 36.4 Å². The summed E-state index contributed by atoms with van der Waals surface area (Å²) in [5, 5.41) is 2.97. The zero-order valence-electron chi connectivity index (χ0n) is 18.9. The van der Waals surface area contributed by atoms with Crippen molar-refractivity contribution in [3.63, 3.8) is 0 Å². The molecular formula is C24H32N2O5S. The quantitative estimate of drug-likeness (QED) is 0.580. The highest BCUT2D eigenvalue weighted by Crippen LogP contribution is 2.37. The lowest BCUT2D eigenvalue weighted by molar-refractivity contribution is -0.127. The van der Waals surface area contributed by atoms with E-state index in [0.29, 0.717) is 29.6 Å². The number of benzene rings is 2. The van der Waals surface area contributed by atoms with Gasteiger partial charge >= 0.3 is 0 Å². The summed E-state index contributed by atoms with van der Waals surface area (Å²) in [5.74, 6) is 1.03. The van der Waals surface area contributed by atoms with Crippen LogP contribution in [0.5, 0.6) is 11.5 Å². The summed E-state index contributed by atoms with van der Waals surface area (Å²) >= 11 is 0. The molecular weight excluding hydrogens is 428 g/mol. The fourth-order valence-corrected chi connectivity index (χ4v) is 5.22. The minimum absolute atomic E-state index is 0.0943. The van der Waals surface area contributed by atoms with Crippen LogP contribution in [0.25, 0.3) is 0 Å². The molecule has 1 aliphatic heterocycles. The third kappa shape index (κ3) is 5.35. The third-order valence-corrected chi connectivity index (χ3v) is 7.58. The number of carbonyl (C=O) groups excluding carboxylic acids is 1. The van der Waals surface area contributed by atoms with Crippen molar-refractivity contribution < 1.29 is 22.7 Å². The van der Waals surface area contributed by atoms with Crippen molar-refractivity contribution in [3.8, 4) is 11.5 Å². The maximum atomic E-state index is 13.4. The number of nitrogens with one attached hydrogen (secondary N) is 1. The number of rotatable bonds is 10. The van der Waals surface area contributed by atoms with Crippen molar-refractivity contribution in [3.05, 3.63) is 48.5 Å². The Balaban J connectivity index is 1.81. The molecule has 0 spiro atoms. The summed E-state index contributed by atoms with van der Waals surface area (Å²) in [6, 6.07) is 13.1. The second-order valence-corrected chi connectivity index (χ2v) is 9.81. The van der Waals surface area contributed by atoms with Crippen LogP contribution in [0.15, 0.2) is 53.4 Å². The maximum Gasteiger partial charge on any atom is 0.264 e. The van der Waals surface area contributed by atoms with Crippen LogP contribution in [0, 0.1) is 5.92 Å². The molecule has 8 heteroatoms. The molecule has 1 heterocycles. The van der Waals surface area contributed by atoms with Crippen LogP contribution < -0.4 is 19.1 Å². The molecule has 0 fully saturated rings. The Kier molecular flexibility index (Phi) is 8.01. The highest BCUT2D eigenvalue weighted by atomic mass is 32.2. The van der Waals surface area contributed by atoms with Gasteiger partial charge in [0.2, 0.25) is 0 Å². The van der Waals surface area contributed by atoms with Crippen molar-refractivity contribution in [2.45, 2.75) is 50.5 Å². The lowest BCUT2D eigenvalue weighted by atomic mass is 9.99. The van der Waals surface area contributed by atoms with E-state index in [4.69, 9.17) is 9.47 Å². The molecule has 3 rings (SSSR count). The first-order valence-corrected chi connectivity index (χ1v) is 12.5. The Labute approximate surface area is 190 Å². The molecule has 1 aliphatic rings. The van der Waals surface area contributed by atoms with Gasteiger partial charge in [-0.2, -0.15) is 0 Å². The summed E-state index contributed by atoms with van der Waals surface area (Å²) in [5.41, 5.74) is 0.418. The van der Waals surface area contributed by atoms with Crippen LogP contribution in [-0.2, 0) is 14.8 Å². The standard InChI is InChI=1S/C24H32N2O5S/c1-4-6-9-18(5-2)16-25-24(27)23-17-26(21-10-7-8-11-22(21)31-23)32(28,29)20-14-12-19(30-3)13-15-20/h7-8,10-15,18,23H,4-6,9,16-17H2,1-3H3,(H,25,27)/t18-,23-/m0/s1. The van der Waals surface area contributed by atoms with E-state index in [9.17, 15) is 13.2 Å². The number of methoxy groups -OCH3 is 1. The van der Waals surface area contributed by atoms with E-state index in [0.717, 1.165) is 25.7 Å². The minimum Gasteiger partial charge on any atom is -0.497 e. The van der Waals surface area contributed by atoms with E-state index in [2.05, 4.69) is 19.2 Å². The Morgan fingerprint density at radius 1 is 1.19 bits per heavy atom. The second-order valence-electron chi connectivity index (χ2n) is 7.95. The molecule has 0 radical (unpaired) electrons. The number of unbranched alkanes of at least 4 members (excludes halogenated alkanes) is 1. The fraction of sp³-hybridized carbons (Fsp3) is 0.458. The molecule has 0 bridgehead atoms. The summed E-state index contributed by atoms with van der Waals surface area (Å²) in [4.78, 5) is 13.0. The van der Waals surface area contributed by atoms with Gasteiger partial charge < -0.3 is 14.8 Å². The highest BCUT2D eigenvalue weighted by molar-refractivity contribution is 7.92. The van der Waals surface area contributed by atoms with Crippen LogP contribution in [0.1, 0.15) is 39.5 Å². The lowest BCUT2D eigenvalue weighted by Crippen LogP contribution is -2.51. The van der Waals surface area contributed by atoms with Gasteiger partial charge in [0.05, 0.1) is 24.2 Å². The smallest absolute Gasteiger partial charge is 0.264 e. The van der Waals surface area contributed by atoms with Crippen molar-refractivity contribution in [2.75, 3.05) is 24.5 Å². The number of amides is 1. The van der Waals surface area contributed by atoms with Gasteiger partial charge in [-0.25, -0.2) is 8.42 Å². The lowest BCUT2D eigenvalue weighted by Gasteiger charge is -2.35. The normalized spacial score (nSPS) is 16.6. The van der Waals surface area contributed by atoms with Crippen LogP contribution >= 0.6 is 0 Å². The molecule has 0 aliphatic carbocycles. The van der Waals surface area contributed by atoms with Crippen molar-refractivity contribution >= 4 is 21.6 Å². The SMILES string of the molecule is CCCC[C@H](CC)CNC(=O)[C@@H]1CN(S(=O)(=O)c2ccc(OC)cc2)c2ccccc2O1. The summed E-state index contributed by atoms with van der Waals surface area (Å²) in [6.07, 6.45) is 3.34. The predicted octanol–water partition coefficient (Wildman–Crippen LogP) is 3.98. The molecule has 0 saturated carbocycles. The van der Waals surface area contributed by atoms with E-state index in [-0.39, 0.29) is 17.3 Å². The molecule has 0 aromatic heterocycles. The Morgan fingerprint density at radius 2 is 1.91 bits per heavy atom. The van der Waals surface area contributed by atoms with E-state index < -0.39 is 16.1 Å². The zero-order chi connectivity index (χ0) is 23.1. The van der Waals surface area contributed by atoms with E-state index in [1.165, 1.54) is 23.5 Å². The monoisotopic (exact) mass is 460 g/mol. The molecule has 7 nitrogen and oxygen atoms in total. The first-order valence-electron chi connectivity index (χ1n) is 11.1. The van der Waals surface area contributed by atoms with Gasteiger partial charge in [0.15, 0.2) is 6.10 Å². The van der Waals surface area contributed by atoms with Crippen LogP contribution in [-0.4, -0.2) is 40.6 Å². The Hall–Kier alpha value is -2.74. The first kappa shape index (κ1) is 23.9. The van der Waals surface area contributed by atoms with Gasteiger partial charge in [-0.05, 0) is 48.7 Å². The Bertz CT molecular complexity index is 1010. The first-order chi connectivity index (χ1) is 15.4. The minimum atomic E-state index is -3.90. The van der Waals surface area contributed by atoms with Crippen LogP contribution in [0.2, 0.25) is 0 Å². The predicted molar refractivity (Wildman–Crippen MR) is 125 cm³/mol. The number of anilines is 1. The average Bonchev–Trinajstić information content (AvgIpc) is 2.83. The number of carbonyl (C=O) groups is 1.